The molecule has 0 unspecified atom stereocenters. The molecule has 4 aromatic heterocycles. The molecule has 0 fully saturated rings. The molecule has 0 aliphatic heterocycles. The van der Waals surface area contributed by atoms with Crippen molar-refractivity contribution in [2.45, 2.75) is 25.8 Å². The molecule has 188 valence electrons. The van der Waals surface area contributed by atoms with Gasteiger partial charge in [0.1, 0.15) is 11.3 Å². The van der Waals surface area contributed by atoms with Gasteiger partial charge in [-0.3, -0.25) is 14.3 Å². The van der Waals surface area contributed by atoms with Crippen molar-refractivity contribution in [1.29, 1.82) is 0 Å². The standard InChI is InChI=1S/C27H24BN7O3/c1-15-4-5-17(14-31-15)27(36)33-21-9-6-16-13-18(7-8-19(16)21)35-25(20-3-2-12-30-24(20)29)32-22-10-11-23(28(37)38)34-26(22)35/h2-5,7-8,10-14,21,37-38H,6,9H2,1H3,(H2,29,30)(H,33,36)/t21-/m0/s1. The SMILES string of the molecule is Cc1ccc(C(=O)N[C@H]2CCc3cc(-n4c(-c5cccnc5N)nc5ccc(B(O)O)nc54)ccc32)cn1. The largest absolute Gasteiger partial charge is 0.508 e. The smallest absolute Gasteiger partial charge is 0.422 e. The molecule has 1 aliphatic rings. The molecule has 0 saturated heterocycles. The molecule has 38 heavy (non-hydrogen) atoms. The van der Waals surface area contributed by atoms with Crippen LogP contribution < -0.4 is 16.6 Å². The van der Waals surface area contributed by atoms with Crippen LogP contribution in [0.4, 0.5) is 5.82 Å². The summed E-state index contributed by atoms with van der Waals surface area (Å²) in [5, 5.41) is 22.6. The second-order valence-electron chi connectivity index (χ2n) is 9.30. The summed E-state index contributed by atoms with van der Waals surface area (Å²) in [6, 6.07) is 16.3. The fourth-order valence-electron chi connectivity index (χ4n) is 4.88. The Balaban J connectivity index is 1.41. The molecule has 0 radical (unpaired) electrons. The molecule has 1 aliphatic carbocycles. The Kier molecular flexibility index (Phi) is 5.86. The highest BCUT2D eigenvalue weighted by Gasteiger charge is 2.27. The number of imidazole rings is 1. The van der Waals surface area contributed by atoms with Gasteiger partial charge in [-0.25, -0.2) is 15.0 Å². The lowest BCUT2D eigenvalue weighted by molar-refractivity contribution is 0.0936. The predicted molar refractivity (Wildman–Crippen MR) is 144 cm³/mol. The minimum absolute atomic E-state index is 0.110. The first-order valence-electron chi connectivity index (χ1n) is 12.2. The third kappa shape index (κ3) is 4.17. The normalized spacial score (nSPS) is 14.4. The lowest BCUT2D eigenvalue weighted by Gasteiger charge is -2.16. The highest BCUT2D eigenvalue weighted by Crippen LogP contribution is 2.35. The first kappa shape index (κ1) is 23.8. The lowest BCUT2D eigenvalue weighted by Crippen LogP contribution is -2.32. The van der Waals surface area contributed by atoms with Crippen LogP contribution in [0.3, 0.4) is 0 Å². The first-order valence-corrected chi connectivity index (χ1v) is 12.2. The number of nitrogens with one attached hydrogen (secondary N) is 1. The van der Waals surface area contributed by atoms with Gasteiger partial charge in [-0.1, -0.05) is 6.07 Å². The Labute approximate surface area is 218 Å². The van der Waals surface area contributed by atoms with Gasteiger partial charge >= 0.3 is 7.12 Å². The number of nitrogens with zero attached hydrogens (tertiary/aromatic N) is 5. The molecule has 5 aromatic rings. The molecule has 10 nitrogen and oxygen atoms in total. The van der Waals surface area contributed by atoms with Gasteiger partial charge in [0.25, 0.3) is 5.91 Å². The summed E-state index contributed by atoms with van der Waals surface area (Å²) in [6.45, 7) is 1.88. The van der Waals surface area contributed by atoms with Crippen molar-refractivity contribution in [3.8, 4) is 17.1 Å². The van der Waals surface area contributed by atoms with E-state index in [1.807, 2.05) is 35.8 Å². The van der Waals surface area contributed by atoms with Crippen LogP contribution >= 0.6 is 0 Å². The van der Waals surface area contributed by atoms with Gasteiger partial charge in [-0.05, 0) is 79.4 Å². The lowest BCUT2D eigenvalue weighted by atomic mass is 9.86. The van der Waals surface area contributed by atoms with Gasteiger partial charge in [0.05, 0.1) is 22.8 Å². The van der Waals surface area contributed by atoms with E-state index in [1.165, 1.54) is 6.07 Å². The van der Waals surface area contributed by atoms with Crippen LogP contribution in [0, 0.1) is 6.92 Å². The van der Waals surface area contributed by atoms with Crippen molar-refractivity contribution in [3.05, 3.63) is 89.4 Å². The molecular weight excluding hydrogens is 481 g/mol. The van der Waals surface area contributed by atoms with Gasteiger partial charge < -0.3 is 21.1 Å². The van der Waals surface area contributed by atoms with E-state index in [-0.39, 0.29) is 17.5 Å². The van der Waals surface area contributed by atoms with Gasteiger partial charge in [0, 0.05) is 23.8 Å². The molecule has 1 atom stereocenters. The van der Waals surface area contributed by atoms with E-state index in [9.17, 15) is 14.8 Å². The van der Waals surface area contributed by atoms with E-state index in [4.69, 9.17) is 10.7 Å². The number of benzene rings is 1. The Bertz CT molecular complexity index is 1680. The number of amides is 1. The third-order valence-corrected chi connectivity index (χ3v) is 6.81. The minimum Gasteiger partial charge on any atom is -0.422 e. The number of nitrogens with two attached hydrogens (primary N) is 1. The van der Waals surface area contributed by atoms with Crippen LogP contribution in [0.2, 0.25) is 0 Å². The second-order valence-corrected chi connectivity index (χ2v) is 9.30. The Morgan fingerprint density at radius 3 is 2.74 bits per heavy atom. The van der Waals surface area contributed by atoms with Crippen LogP contribution in [0.1, 0.15) is 39.6 Å². The fourth-order valence-corrected chi connectivity index (χ4v) is 4.88. The molecular formula is C27H24BN7O3. The number of rotatable bonds is 5. The highest BCUT2D eigenvalue weighted by atomic mass is 16.4. The molecule has 1 amide bonds. The minimum atomic E-state index is -1.72. The number of carbonyl (C=O) groups excluding carboxylic acids is 1. The average Bonchev–Trinajstić information content (AvgIpc) is 3.49. The van der Waals surface area contributed by atoms with E-state index in [0.29, 0.717) is 33.9 Å². The van der Waals surface area contributed by atoms with E-state index >= 15 is 0 Å². The topological polar surface area (TPSA) is 152 Å². The molecule has 5 N–H and O–H groups in total. The third-order valence-electron chi connectivity index (χ3n) is 6.81. The molecule has 4 heterocycles. The number of hydrogen-bond donors (Lipinski definition) is 4. The van der Waals surface area contributed by atoms with Crippen molar-refractivity contribution >= 4 is 35.6 Å². The molecule has 11 heteroatoms. The number of carbonyl (C=O) groups is 1. The van der Waals surface area contributed by atoms with Crippen molar-refractivity contribution in [1.82, 2.24) is 29.8 Å². The fraction of sp³-hybridized carbons (Fsp3) is 0.148. The van der Waals surface area contributed by atoms with Crippen LogP contribution in [0.15, 0.2) is 67.0 Å². The summed E-state index contributed by atoms with van der Waals surface area (Å²) in [7, 11) is -1.72. The summed E-state index contributed by atoms with van der Waals surface area (Å²) in [6.07, 6.45) is 4.76. The maximum absolute atomic E-state index is 12.8. The summed E-state index contributed by atoms with van der Waals surface area (Å²) < 4.78 is 1.85. The zero-order valence-electron chi connectivity index (χ0n) is 20.5. The maximum atomic E-state index is 12.8. The highest BCUT2D eigenvalue weighted by molar-refractivity contribution is 6.57. The number of aromatic nitrogens is 5. The molecule has 0 bridgehead atoms. The van der Waals surface area contributed by atoms with Crippen LogP contribution in [0.5, 0.6) is 0 Å². The average molecular weight is 505 g/mol. The summed E-state index contributed by atoms with van der Waals surface area (Å²) >= 11 is 0. The number of anilines is 1. The van der Waals surface area contributed by atoms with E-state index in [1.54, 1.807) is 30.6 Å². The Morgan fingerprint density at radius 2 is 1.97 bits per heavy atom. The van der Waals surface area contributed by atoms with E-state index in [0.717, 1.165) is 35.3 Å². The summed E-state index contributed by atoms with van der Waals surface area (Å²) in [5.41, 5.74) is 12.3. The van der Waals surface area contributed by atoms with Crippen LogP contribution in [-0.2, 0) is 6.42 Å². The number of nitrogen functional groups attached to an aromatic ring is 1. The van der Waals surface area contributed by atoms with Crippen molar-refractivity contribution in [2.75, 3.05) is 5.73 Å². The number of fused-ring (bicyclic) bond motifs is 2. The predicted octanol–water partition coefficient (Wildman–Crippen LogP) is 1.87. The monoisotopic (exact) mass is 505 g/mol. The maximum Gasteiger partial charge on any atom is 0.508 e. The van der Waals surface area contributed by atoms with Gasteiger partial charge in [-0.15, -0.1) is 0 Å². The molecule has 1 aromatic carbocycles. The summed E-state index contributed by atoms with van der Waals surface area (Å²) in [5.74, 6) is 0.701. The zero-order chi connectivity index (χ0) is 26.4. The summed E-state index contributed by atoms with van der Waals surface area (Å²) in [4.78, 5) is 30.5. The van der Waals surface area contributed by atoms with E-state index in [2.05, 4.69) is 26.3 Å². The van der Waals surface area contributed by atoms with Crippen LogP contribution in [0.25, 0.3) is 28.2 Å². The van der Waals surface area contributed by atoms with Crippen LogP contribution in [-0.4, -0.2) is 47.6 Å². The molecule has 0 saturated carbocycles. The van der Waals surface area contributed by atoms with Crippen molar-refractivity contribution in [3.63, 3.8) is 0 Å². The van der Waals surface area contributed by atoms with Crippen molar-refractivity contribution in [2.24, 2.45) is 0 Å². The van der Waals surface area contributed by atoms with Gasteiger partial charge in [0.15, 0.2) is 11.5 Å². The van der Waals surface area contributed by atoms with Crippen molar-refractivity contribution < 1.29 is 14.8 Å². The molecule has 0 spiro atoms. The van der Waals surface area contributed by atoms with Gasteiger partial charge in [0.2, 0.25) is 0 Å². The Morgan fingerprint density at radius 1 is 1.11 bits per heavy atom. The quantitative estimate of drug-likeness (QED) is 0.264. The number of pyridine rings is 3. The second kappa shape index (κ2) is 9.36. The number of aryl methyl sites for hydroxylation is 2. The molecule has 6 rings (SSSR count). The number of hydrogen-bond acceptors (Lipinski definition) is 8. The zero-order valence-corrected chi connectivity index (χ0v) is 20.5. The first-order chi connectivity index (χ1) is 18.4. The Hall–Kier alpha value is -4.61. The van der Waals surface area contributed by atoms with Gasteiger partial charge in [-0.2, -0.15) is 0 Å². The van der Waals surface area contributed by atoms with E-state index < -0.39 is 7.12 Å².